The Hall–Kier alpha value is -2.61. The molecule has 4 N–H and O–H groups in total. The number of hydrogen-bond acceptors (Lipinski definition) is 5. The number of nitrogens with two attached hydrogens (primary N) is 1. The summed E-state index contributed by atoms with van der Waals surface area (Å²) >= 11 is 0. The molecule has 1 heterocycles. The number of nitrogens with zero attached hydrogens (tertiary/aromatic N) is 2. The van der Waals surface area contributed by atoms with Crippen molar-refractivity contribution >= 4 is 29.1 Å². The van der Waals surface area contributed by atoms with Gasteiger partial charge in [-0.25, -0.2) is 0 Å². The molecule has 33 heavy (non-hydrogen) atoms. The maximum atomic E-state index is 12.9. The van der Waals surface area contributed by atoms with Gasteiger partial charge in [0.1, 0.15) is 0 Å². The molecular formula is C25H37N5O3. The number of hydrogen-bond donors (Lipinski definition) is 3. The first-order valence-electron chi connectivity index (χ1n) is 12.4. The van der Waals surface area contributed by atoms with E-state index < -0.39 is 0 Å². The van der Waals surface area contributed by atoms with Crippen molar-refractivity contribution in [3.63, 3.8) is 0 Å². The Morgan fingerprint density at radius 3 is 2.24 bits per heavy atom. The summed E-state index contributed by atoms with van der Waals surface area (Å²) in [6.07, 6.45) is 7.99. The minimum atomic E-state index is -0.176. The molecule has 0 spiro atoms. The van der Waals surface area contributed by atoms with Gasteiger partial charge in [0.05, 0.1) is 11.4 Å². The zero-order valence-electron chi connectivity index (χ0n) is 19.6. The molecule has 0 bridgehead atoms. The van der Waals surface area contributed by atoms with Crippen molar-refractivity contribution < 1.29 is 14.4 Å². The Labute approximate surface area is 196 Å². The number of rotatable bonds is 5. The van der Waals surface area contributed by atoms with Crippen molar-refractivity contribution in [3.05, 3.63) is 23.8 Å². The molecule has 4 rings (SSSR count). The first-order valence-corrected chi connectivity index (χ1v) is 12.4. The van der Waals surface area contributed by atoms with Crippen molar-refractivity contribution in [2.45, 2.75) is 70.4 Å². The standard InChI is InChI=1S/C25H37N5O3/c1-17(31)27-22-16-19(24(32)28-21-9-7-20(26)8-10-21)6-11-23(22)29-12-14-30(15-13-29)25(33)18-4-2-3-5-18/h6,11,16,18,20-21H,2-5,7-10,12-15,26H2,1H3,(H,27,31)(H,28,32). The van der Waals surface area contributed by atoms with Gasteiger partial charge in [0, 0.05) is 56.7 Å². The maximum Gasteiger partial charge on any atom is 0.251 e. The quantitative estimate of drug-likeness (QED) is 0.632. The monoisotopic (exact) mass is 455 g/mol. The Morgan fingerprint density at radius 1 is 0.939 bits per heavy atom. The highest BCUT2D eigenvalue weighted by Crippen LogP contribution is 2.30. The molecule has 1 aromatic carbocycles. The molecule has 1 aromatic rings. The second kappa shape index (κ2) is 10.5. The zero-order chi connectivity index (χ0) is 23.4. The lowest BCUT2D eigenvalue weighted by atomic mass is 9.91. The molecule has 0 aromatic heterocycles. The third kappa shape index (κ3) is 5.85. The number of carbonyl (C=O) groups excluding carboxylic acids is 3. The number of benzene rings is 1. The minimum absolute atomic E-state index is 0.124. The van der Waals surface area contributed by atoms with E-state index in [0.29, 0.717) is 43.3 Å². The van der Waals surface area contributed by atoms with E-state index in [1.807, 2.05) is 17.0 Å². The third-order valence-corrected chi connectivity index (χ3v) is 7.31. The Kier molecular flexibility index (Phi) is 7.53. The summed E-state index contributed by atoms with van der Waals surface area (Å²) in [6.45, 7) is 4.25. The fraction of sp³-hybridized carbons (Fsp3) is 0.640. The van der Waals surface area contributed by atoms with Gasteiger partial charge in [0.25, 0.3) is 5.91 Å². The smallest absolute Gasteiger partial charge is 0.251 e. The SMILES string of the molecule is CC(=O)Nc1cc(C(=O)NC2CCC(N)CC2)ccc1N1CCN(C(=O)C2CCCC2)CC1. The van der Waals surface area contributed by atoms with E-state index in [4.69, 9.17) is 5.73 Å². The lowest BCUT2D eigenvalue weighted by molar-refractivity contribution is -0.135. The Morgan fingerprint density at radius 2 is 1.61 bits per heavy atom. The predicted octanol–water partition coefficient (Wildman–Crippen LogP) is 2.48. The summed E-state index contributed by atoms with van der Waals surface area (Å²) < 4.78 is 0. The summed E-state index contributed by atoms with van der Waals surface area (Å²) in [6, 6.07) is 5.87. The van der Waals surface area contributed by atoms with Crippen LogP contribution in [-0.2, 0) is 9.59 Å². The lowest BCUT2D eigenvalue weighted by Gasteiger charge is -2.38. The van der Waals surface area contributed by atoms with E-state index in [-0.39, 0.29) is 29.8 Å². The molecule has 0 radical (unpaired) electrons. The topological polar surface area (TPSA) is 108 Å². The molecule has 180 valence electrons. The highest BCUT2D eigenvalue weighted by atomic mass is 16.2. The number of anilines is 2. The number of nitrogens with one attached hydrogen (secondary N) is 2. The third-order valence-electron chi connectivity index (χ3n) is 7.31. The van der Waals surface area contributed by atoms with Gasteiger partial charge in [-0.05, 0) is 56.7 Å². The van der Waals surface area contributed by atoms with Gasteiger partial charge in [0.15, 0.2) is 0 Å². The van der Waals surface area contributed by atoms with Gasteiger partial charge in [-0.15, -0.1) is 0 Å². The van der Waals surface area contributed by atoms with Crippen LogP contribution < -0.4 is 21.3 Å². The highest BCUT2D eigenvalue weighted by molar-refractivity contribution is 5.99. The van der Waals surface area contributed by atoms with Gasteiger partial charge in [-0.1, -0.05) is 12.8 Å². The van der Waals surface area contributed by atoms with Crippen molar-refractivity contribution in [2.75, 3.05) is 36.4 Å². The zero-order valence-corrected chi connectivity index (χ0v) is 19.6. The van der Waals surface area contributed by atoms with Crippen LogP contribution >= 0.6 is 0 Å². The lowest BCUT2D eigenvalue weighted by Crippen LogP contribution is -2.50. The van der Waals surface area contributed by atoms with E-state index in [2.05, 4.69) is 15.5 Å². The average Bonchev–Trinajstić information content (AvgIpc) is 3.35. The van der Waals surface area contributed by atoms with E-state index in [1.54, 1.807) is 6.07 Å². The molecule has 3 aliphatic rings. The summed E-state index contributed by atoms with van der Waals surface area (Å²) in [5.41, 5.74) is 8.03. The molecule has 3 fully saturated rings. The highest BCUT2D eigenvalue weighted by Gasteiger charge is 2.30. The maximum absolute atomic E-state index is 12.9. The van der Waals surface area contributed by atoms with E-state index in [1.165, 1.54) is 6.92 Å². The van der Waals surface area contributed by atoms with Gasteiger partial charge < -0.3 is 26.2 Å². The fourth-order valence-electron chi connectivity index (χ4n) is 5.37. The molecule has 0 atom stereocenters. The largest absolute Gasteiger partial charge is 0.366 e. The molecule has 3 amide bonds. The van der Waals surface area contributed by atoms with Gasteiger partial charge in [0.2, 0.25) is 11.8 Å². The minimum Gasteiger partial charge on any atom is -0.366 e. The Balaban J connectivity index is 1.41. The van der Waals surface area contributed by atoms with Crippen LogP contribution in [0.5, 0.6) is 0 Å². The van der Waals surface area contributed by atoms with Gasteiger partial charge >= 0.3 is 0 Å². The molecule has 8 heteroatoms. The summed E-state index contributed by atoms with van der Waals surface area (Å²) in [5.74, 6) is 0.194. The van der Waals surface area contributed by atoms with E-state index >= 15 is 0 Å². The van der Waals surface area contributed by atoms with Crippen molar-refractivity contribution in [1.29, 1.82) is 0 Å². The molecule has 1 aliphatic heterocycles. The van der Waals surface area contributed by atoms with Crippen LogP contribution in [-0.4, -0.2) is 60.9 Å². The van der Waals surface area contributed by atoms with Crippen molar-refractivity contribution in [3.8, 4) is 0 Å². The van der Waals surface area contributed by atoms with Gasteiger partial charge in [-0.2, -0.15) is 0 Å². The van der Waals surface area contributed by atoms with E-state index in [9.17, 15) is 14.4 Å². The normalized spacial score (nSPS) is 23.9. The van der Waals surface area contributed by atoms with Gasteiger partial charge in [-0.3, -0.25) is 14.4 Å². The van der Waals surface area contributed by atoms with Crippen LogP contribution in [0.25, 0.3) is 0 Å². The second-order valence-corrected chi connectivity index (χ2v) is 9.79. The van der Waals surface area contributed by atoms with Crippen LogP contribution in [0.2, 0.25) is 0 Å². The van der Waals surface area contributed by atoms with Crippen LogP contribution in [0.4, 0.5) is 11.4 Å². The molecule has 2 aliphatic carbocycles. The predicted molar refractivity (Wildman–Crippen MR) is 129 cm³/mol. The molecule has 8 nitrogen and oxygen atoms in total. The number of amides is 3. The molecule has 0 unspecified atom stereocenters. The van der Waals surface area contributed by atoms with Crippen LogP contribution in [0.15, 0.2) is 18.2 Å². The number of carbonyl (C=O) groups is 3. The molecule has 1 saturated heterocycles. The first-order chi connectivity index (χ1) is 15.9. The Bertz CT molecular complexity index is 867. The molecule has 2 saturated carbocycles. The summed E-state index contributed by atoms with van der Waals surface area (Å²) in [5, 5.41) is 6.01. The number of piperazine rings is 1. The van der Waals surface area contributed by atoms with Crippen LogP contribution in [0, 0.1) is 5.92 Å². The fourth-order valence-corrected chi connectivity index (χ4v) is 5.37. The van der Waals surface area contributed by atoms with Crippen LogP contribution in [0.1, 0.15) is 68.6 Å². The summed E-state index contributed by atoms with van der Waals surface area (Å²) in [7, 11) is 0. The first kappa shape index (κ1) is 23.5. The van der Waals surface area contributed by atoms with Crippen molar-refractivity contribution in [2.24, 2.45) is 11.7 Å². The summed E-state index contributed by atoms with van der Waals surface area (Å²) in [4.78, 5) is 41.7. The van der Waals surface area contributed by atoms with E-state index in [0.717, 1.165) is 57.1 Å². The second-order valence-electron chi connectivity index (χ2n) is 9.79. The van der Waals surface area contributed by atoms with Crippen molar-refractivity contribution in [1.82, 2.24) is 10.2 Å². The average molecular weight is 456 g/mol. The van der Waals surface area contributed by atoms with Crippen LogP contribution in [0.3, 0.4) is 0 Å². The molecular weight excluding hydrogens is 418 g/mol.